The molecule has 5 aromatic rings. The van der Waals surface area contributed by atoms with Gasteiger partial charge in [0.2, 0.25) is 0 Å². The summed E-state index contributed by atoms with van der Waals surface area (Å²) in [4.78, 5) is 26.9. The molecule has 4 N–H and O–H groups in total. The summed E-state index contributed by atoms with van der Waals surface area (Å²) in [5.74, 6) is 1.58. The van der Waals surface area contributed by atoms with E-state index >= 15 is 0 Å². The van der Waals surface area contributed by atoms with Gasteiger partial charge >= 0.3 is 0 Å². The molecule has 0 aliphatic carbocycles. The molecule has 0 radical (unpaired) electrons. The Hall–Kier alpha value is -3.83. The number of imidazole rings is 2. The summed E-state index contributed by atoms with van der Waals surface area (Å²) in [7, 11) is -3.25. The van der Waals surface area contributed by atoms with Crippen molar-refractivity contribution >= 4 is 37.9 Å². The second-order valence-corrected chi connectivity index (χ2v) is 11.0. The Bertz CT molecular complexity index is 1650. The van der Waals surface area contributed by atoms with Gasteiger partial charge in [0, 0.05) is 24.9 Å². The van der Waals surface area contributed by atoms with E-state index in [9.17, 15) is 8.42 Å². The van der Waals surface area contributed by atoms with Gasteiger partial charge in [-0.15, -0.1) is 0 Å². The lowest BCUT2D eigenvalue weighted by Crippen LogP contribution is -2.49. The zero-order valence-electron chi connectivity index (χ0n) is 19.1. The molecule has 0 unspecified atom stereocenters. The molecular weight excluding hydrogens is 464 g/mol. The third kappa shape index (κ3) is 3.72. The Morgan fingerprint density at radius 3 is 2.54 bits per heavy atom. The van der Waals surface area contributed by atoms with Crippen molar-refractivity contribution in [3.8, 4) is 11.1 Å². The van der Waals surface area contributed by atoms with Crippen LogP contribution >= 0.6 is 0 Å². The molecule has 0 saturated carbocycles. The Balaban J connectivity index is 1.29. The van der Waals surface area contributed by atoms with Crippen LogP contribution in [0.2, 0.25) is 0 Å². The third-order valence-corrected chi connectivity index (χ3v) is 7.86. The second-order valence-electron chi connectivity index (χ2n) is 9.03. The first-order chi connectivity index (χ1) is 16.8. The number of H-pyrrole nitrogens is 2. The van der Waals surface area contributed by atoms with Crippen LogP contribution in [0.1, 0.15) is 18.7 Å². The fourth-order valence-corrected chi connectivity index (χ4v) is 5.36. The first kappa shape index (κ1) is 21.7. The summed E-state index contributed by atoms with van der Waals surface area (Å²) in [6.07, 6.45) is 5.76. The van der Waals surface area contributed by atoms with Crippen LogP contribution in [0.15, 0.2) is 60.0 Å². The van der Waals surface area contributed by atoms with E-state index in [1.54, 1.807) is 18.5 Å². The average molecular weight is 489 g/mol. The number of nitrogens with two attached hydrogens (primary N) is 1. The number of nitrogens with one attached hydrogen (secondary N) is 2. The number of hydrogen-bond donors (Lipinski definition) is 3. The largest absolute Gasteiger partial charge is 0.355 e. The van der Waals surface area contributed by atoms with Crippen molar-refractivity contribution in [3.63, 3.8) is 0 Å². The highest BCUT2D eigenvalue weighted by molar-refractivity contribution is 7.90. The van der Waals surface area contributed by atoms with E-state index in [2.05, 4.69) is 29.8 Å². The third-order valence-electron chi connectivity index (χ3n) is 6.74. The fraction of sp³-hybridized carbons (Fsp3) is 0.250. The van der Waals surface area contributed by atoms with Crippen molar-refractivity contribution in [2.24, 2.45) is 5.73 Å². The standard InChI is InChI=1S/C24H24N8O2S/c1-35(33,34)16-7-5-15(6-8-16)17-3-2-4-18-19(17)31-23(30-18)24(25)9-11-32(12-10-24)22-20-21(27-13-26-20)28-14-29-22/h2-8,13-14H,9-12,25H2,1H3,(H,30,31)(H,26,27,28,29). The molecule has 0 amide bonds. The van der Waals surface area contributed by atoms with Crippen molar-refractivity contribution < 1.29 is 8.42 Å². The van der Waals surface area contributed by atoms with Gasteiger partial charge < -0.3 is 20.6 Å². The Morgan fingerprint density at radius 2 is 1.80 bits per heavy atom. The number of sulfone groups is 1. The van der Waals surface area contributed by atoms with Crippen LogP contribution in [0.4, 0.5) is 5.82 Å². The zero-order valence-corrected chi connectivity index (χ0v) is 19.9. The van der Waals surface area contributed by atoms with Crippen LogP contribution < -0.4 is 10.6 Å². The minimum atomic E-state index is -3.25. The van der Waals surface area contributed by atoms with Crippen molar-refractivity contribution in [1.29, 1.82) is 0 Å². The molecule has 1 aliphatic heterocycles. The highest BCUT2D eigenvalue weighted by Crippen LogP contribution is 2.35. The topological polar surface area (TPSA) is 147 Å². The normalized spacial score (nSPS) is 16.2. The Kier molecular flexibility index (Phi) is 4.87. The van der Waals surface area contributed by atoms with E-state index in [4.69, 9.17) is 10.7 Å². The van der Waals surface area contributed by atoms with Crippen LogP contribution in [0.3, 0.4) is 0 Å². The van der Waals surface area contributed by atoms with Gasteiger partial charge in [-0.1, -0.05) is 24.3 Å². The number of para-hydroxylation sites is 1. The van der Waals surface area contributed by atoms with E-state index in [-0.39, 0.29) is 0 Å². The van der Waals surface area contributed by atoms with Gasteiger partial charge in [0.15, 0.2) is 21.3 Å². The molecular formula is C24H24N8O2S. The first-order valence-electron chi connectivity index (χ1n) is 11.3. The summed E-state index contributed by atoms with van der Waals surface area (Å²) >= 11 is 0. The molecule has 10 nitrogen and oxygen atoms in total. The molecule has 0 spiro atoms. The molecule has 6 rings (SSSR count). The molecule has 178 valence electrons. The molecule has 35 heavy (non-hydrogen) atoms. The predicted octanol–water partition coefficient (Wildman–Crippen LogP) is 2.75. The smallest absolute Gasteiger partial charge is 0.182 e. The van der Waals surface area contributed by atoms with Crippen LogP contribution in [0, 0.1) is 0 Å². The van der Waals surface area contributed by atoms with Gasteiger partial charge in [-0.05, 0) is 36.6 Å². The SMILES string of the molecule is CS(=O)(=O)c1ccc(-c2cccc3[nH]c(C4(N)CCN(c5ncnc6nc[nH]c56)CC4)nc23)cc1. The van der Waals surface area contributed by atoms with E-state index in [1.807, 2.05) is 30.3 Å². The molecule has 1 fully saturated rings. The van der Waals surface area contributed by atoms with Crippen LogP contribution in [-0.2, 0) is 15.4 Å². The maximum atomic E-state index is 11.8. The van der Waals surface area contributed by atoms with Crippen LogP contribution in [0.25, 0.3) is 33.3 Å². The maximum absolute atomic E-state index is 11.8. The molecule has 4 heterocycles. The summed E-state index contributed by atoms with van der Waals surface area (Å²) in [6, 6.07) is 12.8. The molecule has 3 aromatic heterocycles. The second kappa shape index (κ2) is 7.85. The highest BCUT2D eigenvalue weighted by atomic mass is 32.2. The van der Waals surface area contributed by atoms with Gasteiger partial charge in [0.05, 0.1) is 27.8 Å². The quantitative estimate of drug-likeness (QED) is 0.350. The first-order valence-corrected chi connectivity index (χ1v) is 13.2. The van der Waals surface area contributed by atoms with Gasteiger partial charge in [0.1, 0.15) is 17.7 Å². The van der Waals surface area contributed by atoms with Crippen molar-refractivity contribution in [2.75, 3.05) is 24.2 Å². The number of fused-ring (bicyclic) bond motifs is 2. The lowest BCUT2D eigenvalue weighted by molar-refractivity contribution is 0.327. The number of benzene rings is 2. The molecule has 2 aromatic carbocycles. The molecule has 0 atom stereocenters. The molecule has 0 bridgehead atoms. The van der Waals surface area contributed by atoms with Gasteiger partial charge in [-0.3, -0.25) is 0 Å². The number of anilines is 1. The minimum Gasteiger partial charge on any atom is -0.355 e. The predicted molar refractivity (Wildman–Crippen MR) is 134 cm³/mol. The van der Waals surface area contributed by atoms with E-state index in [0.717, 1.165) is 52.4 Å². The maximum Gasteiger partial charge on any atom is 0.182 e. The minimum absolute atomic E-state index is 0.292. The Morgan fingerprint density at radius 1 is 1.03 bits per heavy atom. The van der Waals surface area contributed by atoms with Crippen molar-refractivity contribution in [2.45, 2.75) is 23.3 Å². The summed E-state index contributed by atoms with van der Waals surface area (Å²) in [5.41, 5.74) is 11.3. The van der Waals surface area contributed by atoms with E-state index in [1.165, 1.54) is 12.6 Å². The summed E-state index contributed by atoms with van der Waals surface area (Å²) < 4.78 is 23.6. The Labute approximate surface area is 201 Å². The monoisotopic (exact) mass is 488 g/mol. The van der Waals surface area contributed by atoms with Crippen LogP contribution in [0.5, 0.6) is 0 Å². The van der Waals surface area contributed by atoms with Crippen molar-refractivity contribution in [3.05, 3.63) is 60.9 Å². The number of nitrogens with zero attached hydrogens (tertiary/aromatic N) is 5. The number of rotatable bonds is 4. The molecule has 1 aliphatic rings. The van der Waals surface area contributed by atoms with E-state index in [0.29, 0.717) is 23.4 Å². The number of aromatic amines is 2. The lowest BCUT2D eigenvalue weighted by atomic mass is 9.88. The number of hydrogen-bond acceptors (Lipinski definition) is 8. The lowest BCUT2D eigenvalue weighted by Gasteiger charge is -2.38. The molecule has 1 saturated heterocycles. The summed E-state index contributed by atoms with van der Waals surface area (Å²) in [6.45, 7) is 1.44. The fourth-order valence-electron chi connectivity index (χ4n) is 4.73. The average Bonchev–Trinajstić information content (AvgIpc) is 3.51. The molecule has 11 heteroatoms. The van der Waals surface area contributed by atoms with Crippen LogP contribution in [-0.4, -0.2) is 57.7 Å². The van der Waals surface area contributed by atoms with Crippen molar-refractivity contribution in [1.82, 2.24) is 29.9 Å². The zero-order chi connectivity index (χ0) is 24.2. The van der Waals surface area contributed by atoms with Gasteiger partial charge in [-0.25, -0.2) is 28.4 Å². The highest BCUT2D eigenvalue weighted by Gasteiger charge is 2.36. The van der Waals surface area contributed by atoms with E-state index < -0.39 is 15.4 Å². The number of piperidine rings is 1. The van der Waals surface area contributed by atoms with Gasteiger partial charge in [-0.2, -0.15) is 0 Å². The number of aromatic nitrogens is 6. The van der Waals surface area contributed by atoms with Gasteiger partial charge in [0.25, 0.3) is 0 Å². The summed E-state index contributed by atoms with van der Waals surface area (Å²) in [5, 5.41) is 0.